The Hall–Kier alpha value is -3.65. The molecule has 1 heterocycles. The fourth-order valence-electron chi connectivity index (χ4n) is 4.48. The molecule has 0 fully saturated rings. The molecule has 0 aliphatic carbocycles. The van der Waals surface area contributed by atoms with Crippen molar-refractivity contribution in [1.82, 2.24) is 0 Å². The number of carbonyl (C=O) groups excluding carboxylic acids is 1. The molecule has 0 N–H and O–H groups in total. The fraction of sp³-hybridized carbons (Fsp3) is 0.0741. The van der Waals surface area contributed by atoms with Crippen molar-refractivity contribution in [2.45, 2.75) is 12.0 Å². The van der Waals surface area contributed by atoms with Crippen LogP contribution in [0.1, 0.15) is 22.3 Å². The number of fused-ring (bicyclic) bond motifs is 1. The van der Waals surface area contributed by atoms with Crippen LogP contribution in [0.4, 0.5) is 5.69 Å². The maximum atomic E-state index is 14.2. The van der Waals surface area contributed by atoms with E-state index in [0.717, 1.165) is 27.9 Å². The zero-order chi connectivity index (χ0) is 19.7. The van der Waals surface area contributed by atoms with Crippen LogP contribution >= 0.6 is 0 Å². The summed E-state index contributed by atoms with van der Waals surface area (Å²) in [6.07, 6.45) is 0. The Morgan fingerprint density at radius 1 is 0.586 bits per heavy atom. The summed E-state index contributed by atoms with van der Waals surface area (Å²) in [7, 11) is 0. The fourth-order valence-corrected chi connectivity index (χ4v) is 4.48. The van der Waals surface area contributed by atoms with Gasteiger partial charge in [-0.3, -0.25) is 4.79 Å². The molecule has 0 unspecified atom stereocenters. The van der Waals surface area contributed by atoms with Crippen LogP contribution in [0.15, 0.2) is 115 Å². The van der Waals surface area contributed by atoms with E-state index in [1.165, 1.54) is 0 Å². The highest BCUT2D eigenvalue weighted by Crippen LogP contribution is 2.50. The number of hydrogen-bond acceptors (Lipinski definition) is 1. The molecule has 0 aromatic heterocycles. The van der Waals surface area contributed by atoms with E-state index < -0.39 is 5.41 Å². The molecule has 0 atom stereocenters. The number of carbonyl (C=O) groups is 1. The van der Waals surface area contributed by atoms with E-state index in [2.05, 4.69) is 48.5 Å². The van der Waals surface area contributed by atoms with Gasteiger partial charge in [0.15, 0.2) is 0 Å². The highest BCUT2D eigenvalue weighted by Gasteiger charge is 2.53. The number of para-hydroxylation sites is 1. The average molecular weight is 375 g/mol. The van der Waals surface area contributed by atoms with Crippen LogP contribution < -0.4 is 4.90 Å². The van der Waals surface area contributed by atoms with Crippen molar-refractivity contribution in [3.8, 4) is 0 Å². The quantitative estimate of drug-likeness (QED) is 0.457. The summed E-state index contributed by atoms with van der Waals surface area (Å²) in [4.78, 5) is 16.2. The lowest BCUT2D eigenvalue weighted by Crippen LogP contribution is -2.42. The van der Waals surface area contributed by atoms with E-state index in [0.29, 0.717) is 6.54 Å². The van der Waals surface area contributed by atoms with Crippen LogP contribution in [0.2, 0.25) is 0 Å². The molecule has 4 aromatic rings. The van der Waals surface area contributed by atoms with Crippen molar-refractivity contribution in [3.05, 3.63) is 138 Å². The predicted octanol–water partition coefficient (Wildman–Crippen LogP) is 5.57. The van der Waals surface area contributed by atoms with Crippen molar-refractivity contribution in [2.24, 2.45) is 0 Å². The van der Waals surface area contributed by atoms with E-state index in [1.807, 2.05) is 71.6 Å². The summed E-state index contributed by atoms with van der Waals surface area (Å²) in [6.45, 7) is 0.554. The van der Waals surface area contributed by atoms with Gasteiger partial charge >= 0.3 is 0 Å². The van der Waals surface area contributed by atoms with Gasteiger partial charge < -0.3 is 4.90 Å². The molecule has 2 heteroatoms. The standard InChI is InChI=1S/C27H21NO/c29-26-27(22-14-6-2-7-15-22,23-16-8-3-9-17-23)24-18-10-11-19-25(24)28(26)20-21-12-4-1-5-13-21/h1-19H,20H2. The molecule has 1 aliphatic heterocycles. The Morgan fingerprint density at radius 3 is 1.66 bits per heavy atom. The van der Waals surface area contributed by atoms with Gasteiger partial charge in [-0.25, -0.2) is 0 Å². The second-order valence-electron chi connectivity index (χ2n) is 7.38. The normalized spacial score (nSPS) is 14.6. The molecular weight excluding hydrogens is 354 g/mol. The van der Waals surface area contributed by atoms with E-state index in [4.69, 9.17) is 0 Å². The zero-order valence-corrected chi connectivity index (χ0v) is 16.0. The summed E-state index contributed by atoms with van der Waals surface area (Å²) in [5.74, 6) is 0.0972. The summed E-state index contributed by atoms with van der Waals surface area (Å²) < 4.78 is 0. The lowest BCUT2D eigenvalue weighted by Gasteiger charge is -2.30. The maximum Gasteiger partial charge on any atom is 0.247 e. The number of benzene rings is 4. The van der Waals surface area contributed by atoms with Crippen LogP contribution in [0.3, 0.4) is 0 Å². The average Bonchev–Trinajstić information content (AvgIpc) is 3.04. The number of nitrogens with zero attached hydrogens (tertiary/aromatic N) is 1. The van der Waals surface area contributed by atoms with Crippen molar-refractivity contribution >= 4 is 11.6 Å². The molecule has 140 valence electrons. The first-order valence-corrected chi connectivity index (χ1v) is 9.88. The first-order chi connectivity index (χ1) is 14.3. The number of hydrogen-bond donors (Lipinski definition) is 0. The Balaban J connectivity index is 1.76. The molecule has 0 radical (unpaired) electrons. The smallest absolute Gasteiger partial charge is 0.247 e. The van der Waals surface area contributed by atoms with Gasteiger partial charge in [-0.05, 0) is 22.8 Å². The third kappa shape index (κ3) is 2.68. The lowest BCUT2D eigenvalue weighted by atomic mass is 9.70. The largest absolute Gasteiger partial charge is 0.306 e. The van der Waals surface area contributed by atoms with Gasteiger partial charge in [0.1, 0.15) is 5.41 Å². The molecule has 0 spiro atoms. The maximum absolute atomic E-state index is 14.2. The van der Waals surface area contributed by atoms with Crippen molar-refractivity contribution in [1.29, 1.82) is 0 Å². The van der Waals surface area contributed by atoms with Gasteiger partial charge in [-0.15, -0.1) is 0 Å². The second-order valence-corrected chi connectivity index (χ2v) is 7.38. The Labute approximate surface area is 171 Å². The molecule has 1 aliphatic rings. The minimum atomic E-state index is -0.839. The molecule has 29 heavy (non-hydrogen) atoms. The monoisotopic (exact) mass is 375 g/mol. The van der Waals surface area contributed by atoms with Crippen molar-refractivity contribution < 1.29 is 4.79 Å². The summed E-state index contributed by atoms with van der Waals surface area (Å²) in [5.41, 5.74) is 4.30. The van der Waals surface area contributed by atoms with Gasteiger partial charge in [-0.1, -0.05) is 109 Å². The third-order valence-electron chi connectivity index (χ3n) is 5.76. The van der Waals surface area contributed by atoms with Gasteiger partial charge in [-0.2, -0.15) is 0 Å². The van der Waals surface area contributed by atoms with E-state index in [1.54, 1.807) is 0 Å². The molecule has 1 amide bonds. The van der Waals surface area contributed by atoms with Crippen molar-refractivity contribution in [2.75, 3.05) is 4.90 Å². The highest BCUT2D eigenvalue weighted by molar-refractivity contribution is 6.12. The number of amides is 1. The Morgan fingerprint density at radius 2 is 1.07 bits per heavy atom. The van der Waals surface area contributed by atoms with Gasteiger partial charge in [0.05, 0.1) is 6.54 Å². The van der Waals surface area contributed by atoms with Gasteiger partial charge in [0.2, 0.25) is 5.91 Å². The van der Waals surface area contributed by atoms with E-state index >= 15 is 0 Å². The zero-order valence-electron chi connectivity index (χ0n) is 16.0. The highest BCUT2D eigenvalue weighted by atomic mass is 16.2. The Kier molecular flexibility index (Phi) is 4.25. The van der Waals surface area contributed by atoms with Crippen LogP contribution in [0, 0.1) is 0 Å². The minimum absolute atomic E-state index is 0.0972. The number of rotatable bonds is 4. The van der Waals surface area contributed by atoms with Crippen LogP contribution in [-0.2, 0) is 16.8 Å². The number of anilines is 1. The lowest BCUT2D eigenvalue weighted by molar-refractivity contribution is -0.120. The first-order valence-electron chi connectivity index (χ1n) is 9.88. The summed E-state index contributed by atoms with van der Waals surface area (Å²) >= 11 is 0. The molecular formula is C27H21NO. The molecule has 4 aromatic carbocycles. The molecule has 0 saturated carbocycles. The second kappa shape index (κ2) is 7.06. The summed E-state index contributed by atoms with van der Waals surface area (Å²) in [5, 5.41) is 0. The topological polar surface area (TPSA) is 20.3 Å². The van der Waals surface area contributed by atoms with Crippen LogP contribution in [0.25, 0.3) is 0 Å². The first kappa shape index (κ1) is 17.4. The predicted molar refractivity (Wildman–Crippen MR) is 117 cm³/mol. The van der Waals surface area contributed by atoms with E-state index in [-0.39, 0.29) is 5.91 Å². The van der Waals surface area contributed by atoms with Gasteiger partial charge in [0, 0.05) is 11.3 Å². The minimum Gasteiger partial charge on any atom is -0.306 e. The van der Waals surface area contributed by atoms with E-state index in [9.17, 15) is 4.79 Å². The van der Waals surface area contributed by atoms with Crippen LogP contribution in [-0.4, -0.2) is 5.91 Å². The third-order valence-corrected chi connectivity index (χ3v) is 5.76. The molecule has 2 nitrogen and oxygen atoms in total. The molecule has 5 rings (SSSR count). The molecule has 0 bridgehead atoms. The van der Waals surface area contributed by atoms with Crippen LogP contribution in [0.5, 0.6) is 0 Å². The van der Waals surface area contributed by atoms with Crippen molar-refractivity contribution in [3.63, 3.8) is 0 Å². The molecule has 0 saturated heterocycles. The summed E-state index contributed by atoms with van der Waals surface area (Å²) in [6, 6.07) is 38.7. The SMILES string of the molecule is O=C1N(Cc2ccccc2)c2ccccc2C1(c1ccccc1)c1ccccc1. The Bertz CT molecular complexity index is 1100. The van der Waals surface area contributed by atoms with Gasteiger partial charge in [0.25, 0.3) is 0 Å².